The van der Waals surface area contributed by atoms with Crippen molar-refractivity contribution in [2.24, 2.45) is 0 Å². The number of ether oxygens (including phenoxy) is 1. The molecular formula is C20H25NO2. The molecule has 0 saturated heterocycles. The zero-order chi connectivity index (χ0) is 17.0. The molecule has 23 heavy (non-hydrogen) atoms. The molecule has 3 heteroatoms. The van der Waals surface area contributed by atoms with Gasteiger partial charge in [-0.2, -0.15) is 0 Å². The van der Waals surface area contributed by atoms with E-state index in [9.17, 15) is 4.79 Å². The summed E-state index contributed by atoms with van der Waals surface area (Å²) in [7, 11) is 0. The highest BCUT2D eigenvalue weighted by Gasteiger charge is 2.11. The maximum atomic E-state index is 12.3. The van der Waals surface area contributed by atoms with E-state index in [1.807, 2.05) is 57.2 Å². The summed E-state index contributed by atoms with van der Waals surface area (Å²) in [5.41, 5.74) is 5.44. The first-order valence-electron chi connectivity index (χ1n) is 7.95. The fraction of sp³-hybridized carbons (Fsp3) is 0.350. The van der Waals surface area contributed by atoms with Crippen LogP contribution in [0.25, 0.3) is 0 Å². The van der Waals surface area contributed by atoms with Gasteiger partial charge in [-0.1, -0.05) is 12.1 Å². The highest BCUT2D eigenvalue weighted by atomic mass is 16.5. The van der Waals surface area contributed by atoms with Gasteiger partial charge in [-0.15, -0.1) is 0 Å². The van der Waals surface area contributed by atoms with Gasteiger partial charge in [0.1, 0.15) is 12.4 Å². The van der Waals surface area contributed by atoms with Crippen molar-refractivity contribution in [1.82, 2.24) is 5.32 Å². The summed E-state index contributed by atoms with van der Waals surface area (Å²) in [5.74, 6) is 0.768. The first kappa shape index (κ1) is 17.1. The molecule has 0 spiro atoms. The molecule has 1 amide bonds. The summed E-state index contributed by atoms with van der Waals surface area (Å²) in [6, 6.07) is 11.7. The average Bonchev–Trinajstić information content (AvgIpc) is 2.51. The van der Waals surface area contributed by atoms with Crippen molar-refractivity contribution in [3.63, 3.8) is 0 Å². The van der Waals surface area contributed by atoms with Crippen LogP contribution in [0.5, 0.6) is 5.75 Å². The molecule has 0 aliphatic rings. The van der Waals surface area contributed by atoms with Crippen molar-refractivity contribution in [1.29, 1.82) is 0 Å². The van der Waals surface area contributed by atoms with Gasteiger partial charge in [0, 0.05) is 5.56 Å². The number of hydrogen-bond donors (Lipinski definition) is 1. The fourth-order valence-electron chi connectivity index (χ4n) is 2.26. The van der Waals surface area contributed by atoms with Gasteiger partial charge in [-0.25, -0.2) is 0 Å². The third-order valence-electron chi connectivity index (χ3n) is 4.12. The Morgan fingerprint density at radius 2 is 1.57 bits per heavy atom. The van der Waals surface area contributed by atoms with E-state index < -0.39 is 0 Å². The average molecular weight is 311 g/mol. The Bertz CT molecular complexity index is 707. The molecule has 0 radical (unpaired) electrons. The third kappa shape index (κ3) is 4.59. The summed E-state index contributed by atoms with van der Waals surface area (Å²) in [4.78, 5) is 12.3. The molecule has 0 saturated carbocycles. The smallest absolute Gasteiger partial charge is 0.251 e. The molecule has 2 rings (SSSR count). The number of rotatable bonds is 5. The number of carbonyl (C=O) groups is 1. The monoisotopic (exact) mass is 311 g/mol. The largest absolute Gasteiger partial charge is 0.491 e. The van der Waals surface area contributed by atoms with Crippen molar-refractivity contribution in [3.05, 3.63) is 64.2 Å². The lowest BCUT2D eigenvalue weighted by atomic mass is 10.1. The second-order valence-electron chi connectivity index (χ2n) is 6.23. The van der Waals surface area contributed by atoms with Crippen LogP contribution in [0.3, 0.4) is 0 Å². The lowest BCUT2D eigenvalue weighted by molar-refractivity contribution is 0.0926. The molecule has 2 aromatic carbocycles. The van der Waals surface area contributed by atoms with Gasteiger partial charge in [0.2, 0.25) is 0 Å². The Labute approximate surface area is 138 Å². The van der Waals surface area contributed by atoms with Crippen LogP contribution < -0.4 is 10.1 Å². The Morgan fingerprint density at radius 1 is 0.957 bits per heavy atom. The zero-order valence-electron chi connectivity index (χ0n) is 14.6. The Hall–Kier alpha value is -2.29. The molecule has 1 atom stereocenters. The minimum Gasteiger partial charge on any atom is -0.491 e. The van der Waals surface area contributed by atoms with E-state index in [0.29, 0.717) is 12.2 Å². The normalized spacial score (nSPS) is 11.9. The Kier molecular flexibility index (Phi) is 5.43. The van der Waals surface area contributed by atoms with Crippen molar-refractivity contribution in [2.75, 3.05) is 6.61 Å². The van der Waals surface area contributed by atoms with Gasteiger partial charge >= 0.3 is 0 Å². The van der Waals surface area contributed by atoms with Crippen LogP contribution in [0.2, 0.25) is 0 Å². The number of hydrogen-bond acceptors (Lipinski definition) is 2. The molecule has 122 valence electrons. The van der Waals surface area contributed by atoms with Crippen LogP contribution in [0.4, 0.5) is 0 Å². The molecule has 0 aliphatic carbocycles. The Morgan fingerprint density at radius 3 is 2.17 bits per heavy atom. The summed E-state index contributed by atoms with van der Waals surface area (Å²) in [5, 5.41) is 2.98. The second kappa shape index (κ2) is 7.32. The van der Waals surface area contributed by atoms with E-state index in [1.54, 1.807) is 0 Å². The molecule has 2 aromatic rings. The van der Waals surface area contributed by atoms with Crippen LogP contribution >= 0.6 is 0 Å². The standard InChI is InChI=1S/C20H25NO2/c1-13-6-8-18(10-15(13)3)20(22)21-17(5)12-23-19-9-7-14(2)16(4)11-19/h6-11,17H,12H2,1-5H3,(H,21,22). The van der Waals surface area contributed by atoms with Crippen molar-refractivity contribution >= 4 is 5.91 Å². The SMILES string of the molecule is Cc1ccc(OCC(C)NC(=O)c2ccc(C)c(C)c2)cc1C. The minimum absolute atomic E-state index is 0.0641. The second-order valence-corrected chi connectivity index (χ2v) is 6.23. The van der Waals surface area contributed by atoms with Crippen LogP contribution in [0.1, 0.15) is 39.5 Å². The number of benzene rings is 2. The van der Waals surface area contributed by atoms with Gasteiger partial charge in [0.15, 0.2) is 0 Å². The first-order valence-corrected chi connectivity index (χ1v) is 7.95. The zero-order valence-corrected chi connectivity index (χ0v) is 14.6. The molecule has 0 aliphatic heterocycles. The third-order valence-corrected chi connectivity index (χ3v) is 4.12. The quantitative estimate of drug-likeness (QED) is 0.902. The molecule has 3 nitrogen and oxygen atoms in total. The lowest BCUT2D eigenvalue weighted by Crippen LogP contribution is -2.36. The molecule has 0 heterocycles. The van der Waals surface area contributed by atoms with E-state index in [0.717, 1.165) is 11.3 Å². The topological polar surface area (TPSA) is 38.3 Å². The molecule has 1 N–H and O–H groups in total. The van der Waals surface area contributed by atoms with Crippen LogP contribution in [-0.2, 0) is 0 Å². The highest BCUT2D eigenvalue weighted by Crippen LogP contribution is 2.16. The van der Waals surface area contributed by atoms with E-state index >= 15 is 0 Å². The number of amides is 1. The summed E-state index contributed by atoms with van der Waals surface area (Å²) < 4.78 is 5.77. The van der Waals surface area contributed by atoms with Crippen molar-refractivity contribution in [2.45, 2.75) is 40.7 Å². The molecule has 0 bridgehead atoms. The van der Waals surface area contributed by atoms with Gasteiger partial charge in [0.05, 0.1) is 6.04 Å². The summed E-state index contributed by atoms with van der Waals surface area (Å²) in [6.07, 6.45) is 0. The van der Waals surface area contributed by atoms with Crippen molar-refractivity contribution in [3.8, 4) is 5.75 Å². The maximum absolute atomic E-state index is 12.3. The van der Waals surface area contributed by atoms with Gasteiger partial charge in [-0.05, 0) is 81.1 Å². The van der Waals surface area contributed by atoms with Gasteiger partial charge < -0.3 is 10.1 Å². The lowest BCUT2D eigenvalue weighted by Gasteiger charge is -2.16. The Balaban J connectivity index is 1.90. The molecule has 1 unspecified atom stereocenters. The summed E-state index contributed by atoms with van der Waals surface area (Å²) >= 11 is 0. The van der Waals surface area contributed by atoms with E-state index in [1.165, 1.54) is 16.7 Å². The predicted octanol–water partition coefficient (Wildman–Crippen LogP) is 4.12. The molecule has 0 aromatic heterocycles. The highest BCUT2D eigenvalue weighted by molar-refractivity contribution is 5.94. The van der Waals surface area contributed by atoms with Crippen LogP contribution in [0.15, 0.2) is 36.4 Å². The number of nitrogens with one attached hydrogen (secondary N) is 1. The first-order chi connectivity index (χ1) is 10.9. The fourth-order valence-corrected chi connectivity index (χ4v) is 2.26. The molecular weight excluding hydrogens is 286 g/mol. The van der Waals surface area contributed by atoms with E-state index in [-0.39, 0.29) is 11.9 Å². The van der Waals surface area contributed by atoms with Gasteiger partial charge in [-0.3, -0.25) is 4.79 Å². The maximum Gasteiger partial charge on any atom is 0.251 e. The van der Waals surface area contributed by atoms with Crippen molar-refractivity contribution < 1.29 is 9.53 Å². The number of aryl methyl sites for hydroxylation is 4. The van der Waals surface area contributed by atoms with Crippen LogP contribution in [-0.4, -0.2) is 18.6 Å². The van der Waals surface area contributed by atoms with Crippen LogP contribution in [0, 0.1) is 27.7 Å². The van der Waals surface area contributed by atoms with Gasteiger partial charge in [0.25, 0.3) is 5.91 Å². The van der Waals surface area contributed by atoms with E-state index in [4.69, 9.17) is 4.74 Å². The predicted molar refractivity (Wildman–Crippen MR) is 94.3 cm³/mol. The summed E-state index contributed by atoms with van der Waals surface area (Å²) in [6.45, 7) is 10.6. The minimum atomic E-state index is -0.0655. The number of carbonyl (C=O) groups excluding carboxylic acids is 1. The van der Waals surface area contributed by atoms with E-state index in [2.05, 4.69) is 19.2 Å². The molecule has 0 fully saturated rings.